The third-order valence-electron chi connectivity index (χ3n) is 8.01. The van der Waals surface area contributed by atoms with Gasteiger partial charge in [-0.05, 0) is 63.2 Å². The van der Waals surface area contributed by atoms with Crippen LogP contribution in [-0.4, -0.2) is 42.3 Å². The summed E-state index contributed by atoms with van der Waals surface area (Å²) in [6.07, 6.45) is 6.22. The molecule has 2 aliphatic carbocycles. The molecule has 2 aliphatic heterocycles. The van der Waals surface area contributed by atoms with Crippen molar-refractivity contribution in [2.75, 3.05) is 13.2 Å². The van der Waals surface area contributed by atoms with Crippen LogP contribution >= 0.6 is 0 Å². The first kappa shape index (κ1) is 20.1. The molecular weight excluding hydrogens is 356 g/mol. The Bertz CT molecular complexity index is 710. The van der Waals surface area contributed by atoms with Gasteiger partial charge in [-0.2, -0.15) is 0 Å². The highest BCUT2D eigenvalue weighted by Crippen LogP contribution is 2.63. The average molecular weight is 391 g/mol. The van der Waals surface area contributed by atoms with E-state index in [1.807, 2.05) is 19.9 Å². The van der Waals surface area contributed by atoms with Gasteiger partial charge in [0.25, 0.3) is 0 Å². The van der Waals surface area contributed by atoms with Crippen LogP contribution in [0.4, 0.5) is 0 Å². The van der Waals surface area contributed by atoms with E-state index in [0.717, 1.165) is 38.7 Å². The van der Waals surface area contributed by atoms with Crippen LogP contribution in [0.25, 0.3) is 0 Å². The molecule has 2 saturated heterocycles. The quantitative estimate of drug-likeness (QED) is 0.442. The summed E-state index contributed by atoms with van der Waals surface area (Å²) in [5.41, 5.74) is 1.74. The van der Waals surface area contributed by atoms with Gasteiger partial charge in [0.2, 0.25) is 0 Å². The molecule has 0 aromatic heterocycles. The topological polar surface area (TPSA) is 65.0 Å². The second-order valence-electron chi connectivity index (χ2n) is 10.2. The summed E-state index contributed by atoms with van der Waals surface area (Å²) in [6.45, 7) is 13.9. The monoisotopic (exact) mass is 390 g/mol. The molecule has 6 atom stereocenters. The molecule has 0 aromatic rings. The minimum Gasteiger partial charge on any atom is -0.459 e. The normalized spacial score (nSPS) is 46.8. The fourth-order valence-corrected chi connectivity index (χ4v) is 6.43. The number of ether oxygens (including phenoxy) is 3. The van der Waals surface area contributed by atoms with Crippen LogP contribution in [-0.2, 0) is 19.0 Å². The highest BCUT2D eigenvalue weighted by molar-refractivity contribution is 5.91. The summed E-state index contributed by atoms with van der Waals surface area (Å²) in [5.74, 6) is -0.141. The van der Waals surface area contributed by atoms with Crippen molar-refractivity contribution in [2.24, 2.45) is 22.7 Å². The van der Waals surface area contributed by atoms with Crippen LogP contribution in [0.1, 0.15) is 59.8 Å². The highest BCUT2D eigenvalue weighted by Gasteiger charge is 2.60. The summed E-state index contributed by atoms with van der Waals surface area (Å²) < 4.78 is 17.4. The fraction of sp³-hybridized carbons (Fsp3) is 0.783. The van der Waals surface area contributed by atoms with Gasteiger partial charge >= 0.3 is 5.97 Å². The van der Waals surface area contributed by atoms with Crippen molar-refractivity contribution in [3.63, 3.8) is 0 Å². The predicted octanol–water partition coefficient (Wildman–Crippen LogP) is 3.76. The van der Waals surface area contributed by atoms with Crippen molar-refractivity contribution < 1.29 is 24.1 Å². The predicted molar refractivity (Wildman–Crippen MR) is 105 cm³/mol. The molecule has 1 N–H and O–H groups in total. The number of esters is 1. The smallest absolute Gasteiger partial charge is 0.336 e. The number of carbonyl (C=O) groups excluding carboxylic acids is 1. The molecule has 0 aromatic carbocycles. The number of cyclic esters (lactones) is 1. The van der Waals surface area contributed by atoms with E-state index < -0.39 is 11.9 Å². The van der Waals surface area contributed by atoms with Crippen molar-refractivity contribution in [3.05, 3.63) is 23.8 Å². The number of allylic oxidation sites excluding steroid dienone is 2. The molecule has 5 nitrogen and oxygen atoms in total. The number of hydrogen-bond donors (Lipinski definition) is 1. The van der Waals surface area contributed by atoms with E-state index in [4.69, 9.17) is 14.2 Å². The van der Waals surface area contributed by atoms with E-state index in [1.54, 1.807) is 0 Å². The first-order chi connectivity index (χ1) is 13.1. The molecule has 2 saturated carbocycles. The molecule has 0 radical (unpaired) electrons. The van der Waals surface area contributed by atoms with Gasteiger partial charge < -0.3 is 19.3 Å². The Labute approximate surface area is 168 Å². The summed E-state index contributed by atoms with van der Waals surface area (Å²) >= 11 is 0. The largest absolute Gasteiger partial charge is 0.459 e. The second kappa shape index (κ2) is 6.68. The van der Waals surface area contributed by atoms with E-state index in [2.05, 4.69) is 20.4 Å². The lowest BCUT2D eigenvalue weighted by atomic mass is 9.46. The standard InChI is InChI=1S/C23H34O5/c1-14-6-9-18-22(4,16(14)8-7-15-17(24)12-26-20(15)25)11-10-19-23(18,5)13-27-21(2,3)28-19/h7,16-19,24H,1,6,8-13H2,2-5H3/b15-7-. The average Bonchev–Trinajstić information content (AvgIpc) is 2.93. The Morgan fingerprint density at radius 2 is 1.96 bits per heavy atom. The summed E-state index contributed by atoms with van der Waals surface area (Å²) in [7, 11) is 0. The van der Waals surface area contributed by atoms with E-state index in [9.17, 15) is 9.90 Å². The summed E-state index contributed by atoms with van der Waals surface area (Å²) in [5, 5.41) is 10.0. The van der Waals surface area contributed by atoms with Crippen molar-refractivity contribution in [3.8, 4) is 0 Å². The maximum Gasteiger partial charge on any atom is 0.336 e. The van der Waals surface area contributed by atoms with Crippen LogP contribution in [0.15, 0.2) is 23.8 Å². The van der Waals surface area contributed by atoms with Gasteiger partial charge in [-0.1, -0.05) is 32.1 Å². The minimum absolute atomic E-state index is 0.0135. The summed E-state index contributed by atoms with van der Waals surface area (Å²) in [4.78, 5) is 11.9. The highest BCUT2D eigenvalue weighted by atomic mass is 16.7. The molecule has 2 heterocycles. The van der Waals surface area contributed by atoms with Gasteiger partial charge in [-0.3, -0.25) is 0 Å². The molecule has 4 fully saturated rings. The maximum absolute atomic E-state index is 11.9. The number of aliphatic hydroxyl groups excluding tert-OH is 1. The molecule has 6 unspecified atom stereocenters. The third kappa shape index (κ3) is 3.06. The first-order valence-electron chi connectivity index (χ1n) is 10.6. The van der Waals surface area contributed by atoms with Gasteiger partial charge in [0, 0.05) is 5.41 Å². The molecular formula is C23H34O5. The fourth-order valence-electron chi connectivity index (χ4n) is 6.43. The molecule has 4 rings (SSSR count). The van der Waals surface area contributed by atoms with Crippen LogP contribution in [0.5, 0.6) is 0 Å². The van der Waals surface area contributed by atoms with Crippen molar-refractivity contribution >= 4 is 5.97 Å². The minimum atomic E-state index is -0.802. The lowest BCUT2D eigenvalue weighted by molar-refractivity contribution is -0.344. The summed E-state index contributed by atoms with van der Waals surface area (Å²) in [6, 6.07) is 0. The third-order valence-corrected chi connectivity index (χ3v) is 8.01. The molecule has 28 heavy (non-hydrogen) atoms. The zero-order chi connectivity index (χ0) is 20.3. The number of rotatable bonds is 2. The first-order valence-corrected chi connectivity index (χ1v) is 10.6. The molecule has 5 heteroatoms. The van der Waals surface area contributed by atoms with Crippen LogP contribution in [0.2, 0.25) is 0 Å². The lowest BCUT2D eigenvalue weighted by Gasteiger charge is -2.63. The Morgan fingerprint density at radius 1 is 1.21 bits per heavy atom. The Kier molecular flexibility index (Phi) is 4.80. The van der Waals surface area contributed by atoms with Crippen LogP contribution < -0.4 is 0 Å². The van der Waals surface area contributed by atoms with Gasteiger partial charge in [0.15, 0.2) is 5.79 Å². The Morgan fingerprint density at radius 3 is 2.64 bits per heavy atom. The SMILES string of the molecule is C=C1CCC2C3(C)COC(C)(C)OC3CCC2(C)C1C/C=C1\C(=O)OCC1O. The Hall–Kier alpha value is -1.17. The lowest BCUT2D eigenvalue weighted by Crippen LogP contribution is -2.62. The number of aliphatic hydroxyl groups is 1. The van der Waals surface area contributed by atoms with Crippen molar-refractivity contribution in [2.45, 2.75) is 77.8 Å². The van der Waals surface area contributed by atoms with Gasteiger partial charge in [-0.25, -0.2) is 4.79 Å². The number of fused-ring (bicyclic) bond motifs is 3. The molecule has 0 spiro atoms. The Balaban J connectivity index is 1.61. The van der Waals surface area contributed by atoms with Crippen molar-refractivity contribution in [1.82, 2.24) is 0 Å². The van der Waals surface area contributed by atoms with E-state index in [0.29, 0.717) is 11.5 Å². The molecule has 0 amide bonds. The zero-order valence-corrected chi connectivity index (χ0v) is 17.6. The number of carbonyl (C=O) groups is 1. The second-order valence-corrected chi connectivity index (χ2v) is 10.2. The zero-order valence-electron chi connectivity index (χ0n) is 17.6. The molecule has 156 valence electrons. The molecule has 0 bridgehead atoms. The van der Waals surface area contributed by atoms with E-state index >= 15 is 0 Å². The van der Waals surface area contributed by atoms with E-state index in [1.165, 1.54) is 5.57 Å². The van der Waals surface area contributed by atoms with Gasteiger partial charge in [0.1, 0.15) is 12.7 Å². The van der Waals surface area contributed by atoms with Crippen molar-refractivity contribution in [1.29, 1.82) is 0 Å². The van der Waals surface area contributed by atoms with Crippen LogP contribution in [0.3, 0.4) is 0 Å². The van der Waals surface area contributed by atoms with Crippen LogP contribution in [0, 0.1) is 22.7 Å². The molecule has 4 aliphatic rings. The van der Waals surface area contributed by atoms with Gasteiger partial charge in [0.05, 0.1) is 18.3 Å². The van der Waals surface area contributed by atoms with Gasteiger partial charge in [-0.15, -0.1) is 0 Å². The number of hydrogen-bond acceptors (Lipinski definition) is 5. The maximum atomic E-state index is 11.9. The van der Waals surface area contributed by atoms with E-state index in [-0.39, 0.29) is 35.4 Å².